The summed E-state index contributed by atoms with van der Waals surface area (Å²) >= 11 is 0. The topological polar surface area (TPSA) is 66.5 Å². The van der Waals surface area contributed by atoms with Gasteiger partial charge in [-0.25, -0.2) is 8.42 Å². The van der Waals surface area contributed by atoms with Gasteiger partial charge in [0.2, 0.25) is 5.91 Å². The minimum Gasteiger partial charge on any atom is -0.312 e. The molecule has 1 N–H and O–H groups in total. The molecule has 3 rings (SSSR count). The summed E-state index contributed by atoms with van der Waals surface area (Å²) in [6.07, 6.45) is 3.11. The van der Waals surface area contributed by atoms with Crippen LogP contribution in [0.4, 0.5) is 11.4 Å². The number of hydrogen-bond acceptors (Lipinski definition) is 3. The van der Waals surface area contributed by atoms with Crippen LogP contribution >= 0.6 is 0 Å². The number of carbonyl (C=O) groups excluding carboxylic acids is 1. The number of sulfonamides is 1. The molecule has 0 aromatic heterocycles. The third-order valence-electron chi connectivity index (χ3n) is 5.10. The molecule has 1 heterocycles. The molecule has 0 saturated heterocycles. The fourth-order valence-electron chi connectivity index (χ4n) is 3.63. The van der Waals surface area contributed by atoms with E-state index in [4.69, 9.17) is 0 Å². The van der Waals surface area contributed by atoms with Crippen LogP contribution < -0.4 is 9.62 Å². The third-order valence-corrected chi connectivity index (χ3v) is 6.44. The van der Waals surface area contributed by atoms with Gasteiger partial charge < -0.3 is 4.90 Å². The highest BCUT2D eigenvalue weighted by molar-refractivity contribution is 7.92. The molecule has 144 valence electrons. The smallest absolute Gasteiger partial charge is 0.261 e. The summed E-state index contributed by atoms with van der Waals surface area (Å²) in [6.45, 7) is 6.25. The van der Waals surface area contributed by atoms with E-state index in [1.54, 1.807) is 23.1 Å². The molecule has 2 aromatic carbocycles. The normalized spacial score (nSPS) is 14.0. The Balaban J connectivity index is 1.99. The van der Waals surface area contributed by atoms with Crippen LogP contribution in [0, 0.1) is 0 Å². The molecule has 0 spiro atoms. The van der Waals surface area contributed by atoms with Gasteiger partial charge in [0.15, 0.2) is 0 Å². The van der Waals surface area contributed by atoms with Gasteiger partial charge in [-0.05, 0) is 60.6 Å². The van der Waals surface area contributed by atoms with Gasteiger partial charge in [0.05, 0.1) is 10.6 Å². The van der Waals surface area contributed by atoms with E-state index in [9.17, 15) is 13.2 Å². The number of aryl methyl sites for hydroxylation is 3. The Hall–Kier alpha value is -2.34. The number of anilines is 2. The van der Waals surface area contributed by atoms with E-state index in [0.29, 0.717) is 12.2 Å². The van der Waals surface area contributed by atoms with Gasteiger partial charge in [-0.15, -0.1) is 0 Å². The standard InChI is InChI=1S/C21H26N2O3S/c1-4-16-8-6-9-17(5-2)21(16)22-27(25,26)19-11-12-20-18(14-19)10-7-13-23(20)15(3)24/h6,8-9,11-12,14,22H,4-5,7,10,13H2,1-3H3. The average molecular weight is 387 g/mol. The highest BCUT2D eigenvalue weighted by atomic mass is 32.2. The van der Waals surface area contributed by atoms with Gasteiger partial charge in [0.1, 0.15) is 0 Å². The van der Waals surface area contributed by atoms with Crippen LogP contribution in [0.2, 0.25) is 0 Å². The van der Waals surface area contributed by atoms with Gasteiger partial charge >= 0.3 is 0 Å². The summed E-state index contributed by atoms with van der Waals surface area (Å²) < 4.78 is 28.9. The Kier molecular flexibility index (Phi) is 5.56. The molecular formula is C21H26N2O3S. The SMILES string of the molecule is CCc1cccc(CC)c1NS(=O)(=O)c1ccc2c(c1)CCCN2C(C)=O. The molecule has 27 heavy (non-hydrogen) atoms. The van der Waals surface area contributed by atoms with Crippen molar-refractivity contribution >= 4 is 27.3 Å². The van der Waals surface area contributed by atoms with E-state index >= 15 is 0 Å². The van der Waals surface area contributed by atoms with E-state index in [1.165, 1.54) is 6.92 Å². The summed E-state index contributed by atoms with van der Waals surface area (Å²) in [5.74, 6) is -0.0193. The van der Waals surface area contributed by atoms with Gasteiger partial charge in [0, 0.05) is 19.2 Å². The van der Waals surface area contributed by atoms with Crippen LogP contribution in [0.3, 0.4) is 0 Å². The molecule has 0 saturated carbocycles. The van der Waals surface area contributed by atoms with E-state index in [2.05, 4.69) is 4.72 Å². The second-order valence-electron chi connectivity index (χ2n) is 6.83. The Labute approximate surface area is 161 Å². The van der Waals surface area contributed by atoms with Crippen molar-refractivity contribution in [2.75, 3.05) is 16.2 Å². The lowest BCUT2D eigenvalue weighted by atomic mass is 10.0. The molecule has 1 aliphatic rings. The third kappa shape index (κ3) is 3.86. The molecular weight excluding hydrogens is 360 g/mol. The minimum atomic E-state index is -3.70. The summed E-state index contributed by atoms with van der Waals surface area (Å²) in [7, 11) is -3.70. The monoisotopic (exact) mass is 386 g/mol. The molecule has 1 amide bonds. The maximum absolute atomic E-state index is 13.0. The van der Waals surface area contributed by atoms with E-state index < -0.39 is 10.0 Å². The lowest BCUT2D eigenvalue weighted by molar-refractivity contribution is -0.116. The fourth-order valence-corrected chi connectivity index (χ4v) is 4.83. The zero-order valence-corrected chi connectivity index (χ0v) is 16.9. The van der Waals surface area contributed by atoms with E-state index in [-0.39, 0.29) is 10.8 Å². The summed E-state index contributed by atoms with van der Waals surface area (Å²) in [4.78, 5) is 13.8. The van der Waals surface area contributed by atoms with Crippen molar-refractivity contribution in [3.05, 3.63) is 53.1 Å². The van der Waals surface area contributed by atoms with Gasteiger partial charge in [0.25, 0.3) is 10.0 Å². The number of fused-ring (bicyclic) bond motifs is 1. The molecule has 6 heteroatoms. The van der Waals surface area contributed by atoms with Crippen molar-refractivity contribution in [2.45, 2.75) is 51.3 Å². The van der Waals surface area contributed by atoms with Crippen LogP contribution in [0.1, 0.15) is 43.9 Å². The number of nitrogens with zero attached hydrogens (tertiary/aromatic N) is 1. The van der Waals surface area contributed by atoms with Crippen molar-refractivity contribution in [1.29, 1.82) is 0 Å². The average Bonchev–Trinajstić information content (AvgIpc) is 2.66. The van der Waals surface area contributed by atoms with Crippen molar-refractivity contribution in [2.24, 2.45) is 0 Å². The van der Waals surface area contributed by atoms with Crippen LogP contribution in [0.25, 0.3) is 0 Å². The molecule has 0 atom stereocenters. The highest BCUT2D eigenvalue weighted by Gasteiger charge is 2.24. The molecule has 0 aliphatic carbocycles. The number of nitrogens with one attached hydrogen (secondary N) is 1. The Morgan fingerprint density at radius 3 is 2.37 bits per heavy atom. The summed E-state index contributed by atoms with van der Waals surface area (Å²) in [5.41, 5.74) is 4.37. The van der Waals surface area contributed by atoms with Crippen LogP contribution in [0.5, 0.6) is 0 Å². The molecule has 0 bridgehead atoms. The predicted molar refractivity (Wildman–Crippen MR) is 109 cm³/mol. The van der Waals surface area contributed by atoms with E-state index in [0.717, 1.165) is 48.1 Å². The quantitative estimate of drug-likeness (QED) is 0.847. The van der Waals surface area contributed by atoms with Gasteiger partial charge in [-0.3, -0.25) is 9.52 Å². The lowest BCUT2D eigenvalue weighted by Crippen LogP contribution is -2.33. The molecule has 0 unspecified atom stereocenters. The first-order chi connectivity index (χ1) is 12.9. The second kappa shape index (κ2) is 7.72. The minimum absolute atomic E-state index is 0.0193. The summed E-state index contributed by atoms with van der Waals surface area (Å²) in [5, 5.41) is 0. The number of benzene rings is 2. The maximum Gasteiger partial charge on any atom is 0.261 e. The number of hydrogen-bond donors (Lipinski definition) is 1. The van der Waals surface area contributed by atoms with Crippen LogP contribution in [-0.2, 0) is 34.1 Å². The fraction of sp³-hybridized carbons (Fsp3) is 0.381. The van der Waals surface area contributed by atoms with Crippen molar-refractivity contribution in [3.8, 4) is 0 Å². The molecule has 2 aromatic rings. The van der Waals surface area contributed by atoms with E-state index in [1.807, 2.05) is 32.0 Å². The van der Waals surface area contributed by atoms with Gasteiger partial charge in [-0.1, -0.05) is 32.0 Å². The number of amides is 1. The van der Waals surface area contributed by atoms with Crippen molar-refractivity contribution < 1.29 is 13.2 Å². The van der Waals surface area contributed by atoms with Gasteiger partial charge in [-0.2, -0.15) is 0 Å². The lowest BCUT2D eigenvalue weighted by Gasteiger charge is -2.29. The first kappa shape index (κ1) is 19.4. The molecule has 5 nitrogen and oxygen atoms in total. The van der Waals surface area contributed by atoms with Crippen LogP contribution in [-0.4, -0.2) is 20.9 Å². The molecule has 0 fully saturated rings. The number of rotatable bonds is 5. The molecule has 0 radical (unpaired) electrons. The second-order valence-corrected chi connectivity index (χ2v) is 8.51. The van der Waals surface area contributed by atoms with Crippen molar-refractivity contribution in [1.82, 2.24) is 0 Å². The largest absolute Gasteiger partial charge is 0.312 e. The number of para-hydroxylation sites is 1. The Morgan fingerprint density at radius 2 is 1.78 bits per heavy atom. The number of carbonyl (C=O) groups is 1. The van der Waals surface area contributed by atoms with Crippen LogP contribution in [0.15, 0.2) is 41.3 Å². The maximum atomic E-state index is 13.0. The molecule has 1 aliphatic heterocycles. The first-order valence-electron chi connectivity index (χ1n) is 9.42. The highest BCUT2D eigenvalue weighted by Crippen LogP contribution is 2.31. The predicted octanol–water partition coefficient (Wildman–Crippen LogP) is 3.91. The van der Waals surface area contributed by atoms with Crippen molar-refractivity contribution in [3.63, 3.8) is 0 Å². The zero-order chi connectivity index (χ0) is 19.6. The zero-order valence-electron chi connectivity index (χ0n) is 16.1. The Bertz CT molecular complexity index is 945. The first-order valence-corrected chi connectivity index (χ1v) is 10.9. The summed E-state index contributed by atoms with van der Waals surface area (Å²) in [6, 6.07) is 10.9. The Morgan fingerprint density at radius 1 is 1.11 bits per heavy atom.